The van der Waals surface area contributed by atoms with Gasteiger partial charge in [-0.2, -0.15) is 35.8 Å². The van der Waals surface area contributed by atoms with E-state index in [9.17, 15) is 22.3 Å². The second kappa shape index (κ2) is 11.6. The van der Waals surface area contributed by atoms with E-state index in [0.717, 1.165) is 29.8 Å². The number of alkyl halides is 2. The van der Waals surface area contributed by atoms with Crippen molar-refractivity contribution in [3.8, 4) is 22.6 Å². The number of aromatic nitrogens is 7. The first-order valence-corrected chi connectivity index (χ1v) is 15.5. The van der Waals surface area contributed by atoms with Crippen molar-refractivity contribution < 1.29 is 22.3 Å². The number of nitrogens with zero attached hydrogens (tertiary/aromatic N) is 8. The Hall–Kier alpha value is -4.02. The van der Waals surface area contributed by atoms with Gasteiger partial charge in [0, 0.05) is 55.0 Å². The first-order valence-electron chi connectivity index (χ1n) is 14.1. The standard InChI is InChI=1S/C27H32F2N10O3S/c1-27(40)8-4-19(5-9-27)33-22-14-24(31-16-20(22)21-7-13-38(36-21)26(28)29)34-23-6-10-30-25(35-23)18-15-32-39(17-18)43(41,42)37-11-2-3-12-37/h6-7,10,13-17,19,26,40H,2-5,8-9,11-12H2,1H3,(H2,30,31,33,34,35). The fourth-order valence-electron chi connectivity index (χ4n) is 5.32. The highest BCUT2D eigenvalue weighted by Crippen LogP contribution is 2.34. The summed E-state index contributed by atoms with van der Waals surface area (Å²) in [6.45, 7) is -0.00980. The van der Waals surface area contributed by atoms with Crippen LogP contribution in [0.3, 0.4) is 0 Å². The van der Waals surface area contributed by atoms with Crippen LogP contribution in [0.15, 0.2) is 49.2 Å². The van der Waals surface area contributed by atoms with E-state index in [0.29, 0.717) is 64.8 Å². The molecule has 43 heavy (non-hydrogen) atoms. The third-order valence-electron chi connectivity index (χ3n) is 7.77. The van der Waals surface area contributed by atoms with Crippen LogP contribution in [0.4, 0.5) is 26.1 Å². The average molecular weight is 615 g/mol. The summed E-state index contributed by atoms with van der Waals surface area (Å²) < 4.78 is 55.1. The summed E-state index contributed by atoms with van der Waals surface area (Å²) >= 11 is 0. The summed E-state index contributed by atoms with van der Waals surface area (Å²) in [5, 5.41) is 25.1. The van der Waals surface area contributed by atoms with E-state index in [2.05, 4.69) is 35.8 Å². The summed E-state index contributed by atoms with van der Waals surface area (Å²) in [4.78, 5) is 13.3. The molecular weight excluding hydrogens is 582 g/mol. The Morgan fingerprint density at radius 3 is 2.58 bits per heavy atom. The second-order valence-electron chi connectivity index (χ2n) is 11.1. The number of aliphatic hydroxyl groups is 1. The van der Waals surface area contributed by atoms with Crippen LogP contribution < -0.4 is 10.6 Å². The highest BCUT2D eigenvalue weighted by Gasteiger charge is 2.30. The minimum Gasteiger partial charge on any atom is -0.390 e. The Balaban J connectivity index is 1.25. The third-order valence-corrected chi connectivity index (χ3v) is 9.46. The van der Waals surface area contributed by atoms with E-state index in [1.807, 2.05) is 6.92 Å². The summed E-state index contributed by atoms with van der Waals surface area (Å²) in [7, 11) is -3.75. The average Bonchev–Trinajstić information content (AvgIpc) is 3.77. The van der Waals surface area contributed by atoms with Gasteiger partial charge in [-0.1, -0.05) is 0 Å². The van der Waals surface area contributed by atoms with Crippen LogP contribution in [0.2, 0.25) is 0 Å². The fourth-order valence-corrected chi connectivity index (χ4v) is 6.69. The first-order chi connectivity index (χ1) is 20.6. The number of hydrogen-bond donors (Lipinski definition) is 3. The lowest BCUT2D eigenvalue weighted by atomic mass is 9.83. The van der Waals surface area contributed by atoms with Gasteiger partial charge < -0.3 is 15.7 Å². The van der Waals surface area contributed by atoms with Gasteiger partial charge >= 0.3 is 16.8 Å². The van der Waals surface area contributed by atoms with E-state index in [1.165, 1.54) is 35.2 Å². The molecule has 0 aromatic carbocycles. The number of hydrogen-bond acceptors (Lipinski definition) is 10. The molecule has 16 heteroatoms. The van der Waals surface area contributed by atoms with E-state index < -0.39 is 22.4 Å². The molecule has 6 rings (SSSR count). The Bertz CT molecular complexity index is 1690. The van der Waals surface area contributed by atoms with Crippen LogP contribution in [0.25, 0.3) is 22.6 Å². The maximum atomic E-state index is 13.2. The number of anilines is 3. The zero-order chi connectivity index (χ0) is 30.2. The largest absolute Gasteiger partial charge is 0.390 e. The van der Waals surface area contributed by atoms with Crippen LogP contribution in [0.1, 0.15) is 52.0 Å². The van der Waals surface area contributed by atoms with E-state index >= 15 is 0 Å². The van der Waals surface area contributed by atoms with Gasteiger partial charge in [0.1, 0.15) is 11.6 Å². The molecule has 228 valence electrons. The Morgan fingerprint density at radius 1 is 1.09 bits per heavy atom. The highest BCUT2D eigenvalue weighted by molar-refractivity contribution is 7.87. The topological polar surface area (TPSA) is 156 Å². The molecule has 0 radical (unpaired) electrons. The maximum absolute atomic E-state index is 13.2. The molecule has 0 amide bonds. The number of nitrogens with one attached hydrogen (secondary N) is 2. The van der Waals surface area contributed by atoms with Gasteiger partial charge in [-0.05, 0) is 57.6 Å². The molecule has 13 nitrogen and oxygen atoms in total. The predicted molar refractivity (Wildman–Crippen MR) is 155 cm³/mol. The van der Waals surface area contributed by atoms with E-state index in [-0.39, 0.29) is 11.9 Å². The van der Waals surface area contributed by atoms with Gasteiger partial charge in [0.15, 0.2) is 5.82 Å². The van der Waals surface area contributed by atoms with Gasteiger partial charge in [-0.15, -0.1) is 0 Å². The Morgan fingerprint density at radius 2 is 1.86 bits per heavy atom. The van der Waals surface area contributed by atoms with Crippen LogP contribution in [0, 0.1) is 0 Å². The quantitative estimate of drug-likeness (QED) is 0.252. The second-order valence-corrected chi connectivity index (χ2v) is 12.9. The molecule has 2 fully saturated rings. The predicted octanol–water partition coefficient (Wildman–Crippen LogP) is 4.03. The summed E-state index contributed by atoms with van der Waals surface area (Å²) in [6, 6.07) is 4.97. The van der Waals surface area contributed by atoms with Crippen molar-refractivity contribution in [3.05, 3.63) is 49.2 Å². The zero-order valence-electron chi connectivity index (χ0n) is 23.4. The van der Waals surface area contributed by atoms with Crippen LogP contribution in [-0.4, -0.2) is 76.5 Å². The highest BCUT2D eigenvalue weighted by atomic mass is 32.2. The lowest BCUT2D eigenvalue weighted by Crippen LogP contribution is -2.35. The van der Waals surface area contributed by atoms with Gasteiger partial charge in [0.25, 0.3) is 0 Å². The fraction of sp³-hybridized carbons (Fsp3) is 0.444. The molecule has 2 aliphatic rings. The maximum Gasteiger partial charge on any atom is 0.333 e. The van der Waals surface area contributed by atoms with Crippen molar-refractivity contribution in [2.45, 2.75) is 63.6 Å². The molecule has 5 heterocycles. The first kappa shape index (κ1) is 29.1. The monoisotopic (exact) mass is 614 g/mol. The summed E-state index contributed by atoms with van der Waals surface area (Å²) in [5.74, 6) is 1.11. The molecule has 3 N–H and O–H groups in total. The molecule has 1 saturated heterocycles. The van der Waals surface area contributed by atoms with Gasteiger partial charge in [0.2, 0.25) is 0 Å². The van der Waals surface area contributed by atoms with Crippen LogP contribution in [0.5, 0.6) is 0 Å². The number of halogens is 2. The Labute approximate surface area is 247 Å². The van der Waals surface area contributed by atoms with Crippen molar-refractivity contribution in [1.82, 2.24) is 38.2 Å². The molecule has 0 atom stereocenters. The van der Waals surface area contributed by atoms with Crippen LogP contribution >= 0.6 is 0 Å². The molecule has 4 aromatic rings. The lowest BCUT2D eigenvalue weighted by molar-refractivity contribution is 0.0196. The third kappa shape index (κ3) is 6.35. The smallest absolute Gasteiger partial charge is 0.333 e. The minimum atomic E-state index is -3.75. The Kier molecular flexibility index (Phi) is 7.83. The van der Waals surface area contributed by atoms with Crippen molar-refractivity contribution in [1.29, 1.82) is 0 Å². The lowest BCUT2D eigenvalue weighted by Gasteiger charge is -2.34. The molecular formula is C27H32F2N10O3S. The summed E-state index contributed by atoms with van der Waals surface area (Å²) in [6.07, 6.45) is 11.5. The van der Waals surface area contributed by atoms with Crippen LogP contribution in [-0.2, 0) is 10.2 Å². The molecule has 1 aliphatic heterocycles. The van der Waals surface area contributed by atoms with Crippen molar-refractivity contribution in [3.63, 3.8) is 0 Å². The molecule has 1 saturated carbocycles. The summed E-state index contributed by atoms with van der Waals surface area (Å²) in [5.41, 5.74) is 1.26. The molecule has 0 unspecified atom stereocenters. The SMILES string of the molecule is CC1(O)CCC(Nc2cc(Nc3ccnc(-c4cnn(S(=O)(=O)N5CCCC5)c4)n3)ncc2-c2ccn(C(F)F)n2)CC1. The van der Waals surface area contributed by atoms with Gasteiger partial charge in [-0.25, -0.2) is 19.6 Å². The number of rotatable bonds is 9. The number of pyridine rings is 1. The zero-order valence-corrected chi connectivity index (χ0v) is 24.3. The molecule has 1 aliphatic carbocycles. The van der Waals surface area contributed by atoms with Crippen molar-refractivity contribution in [2.75, 3.05) is 23.7 Å². The molecule has 0 spiro atoms. The molecule has 0 bridgehead atoms. The van der Waals surface area contributed by atoms with Crippen molar-refractivity contribution in [2.24, 2.45) is 0 Å². The van der Waals surface area contributed by atoms with E-state index in [4.69, 9.17) is 0 Å². The normalized spacial score (nSPS) is 21.4. The molecule has 4 aromatic heterocycles. The van der Waals surface area contributed by atoms with Crippen molar-refractivity contribution >= 4 is 27.5 Å². The van der Waals surface area contributed by atoms with Gasteiger partial charge in [0.05, 0.1) is 29.3 Å². The van der Waals surface area contributed by atoms with Gasteiger partial charge in [-0.3, -0.25) is 0 Å². The van der Waals surface area contributed by atoms with E-state index in [1.54, 1.807) is 18.3 Å². The minimum absolute atomic E-state index is 0.0606.